The van der Waals surface area contributed by atoms with Gasteiger partial charge in [-0.1, -0.05) is 13.8 Å². The Morgan fingerprint density at radius 1 is 1.22 bits per heavy atom. The van der Waals surface area contributed by atoms with Crippen molar-refractivity contribution in [2.75, 3.05) is 26.2 Å². The molecule has 1 rings (SSSR count). The quantitative estimate of drug-likeness (QED) is 0.668. The van der Waals surface area contributed by atoms with Crippen molar-refractivity contribution >= 4 is 10.2 Å². The summed E-state index contributed by atoms with van der Waals surface area (Å²) in [5.74, 6) is 0. The molecular weight excluding hydrogens is 254 g/mol. The molecule has 0 radical (unpaired) electrons. The van der Waals surface area contributed by atoms with E-state index in [0.717, 1.165) is 0 Å². The molecule has 0 aromatic rings. The molecule has 6 nitrogen and oxygen atoms in total. The molecule has 1 aliphatic heterocycles. The van der Waals surface area contributed by atoms with E-state index in [2.05, 4.69) is 10.0 Å². The minimum Gasteiger partial charge on any atom is -0.373 e. The van der Waals surface area contributed by atoms with Crippen LogP contribution in [0.2, 0.25) is 0 Å². The van der Waals surface area contributed by atoms with Gasteiger partial charge in [0.1, 0.15) is 0 Å². The molecular formula is C11H25N3O3S. The molecule has 1 saturated heterocycles. The number of hydrogen-bond acceptors (Lipinski definition) is 4. The summed E-state index contributed by atoms with van der Waals surface area (Å²) in [6.07, 6.45) is -0.113. The number of ether oxygens (including phenoxy) is 1. The second kappa shape index (κ2) is 6.81. The lowest BCUT2D eigenvalue weighted by Gasteiger charge is -2.34. The molecule has 2 unspecified atom stereocenters. The van der Waals surface area contributed by atoms with Gasteiger partial charge in [-0.05, 0) is 13.8 Å². The first-order chi connectivity index (χ1) is 8.31. The Balaban J connectivity index is 2.42. The third-order valence-electron chi connectivity index (χ3n) is 2.69. The van der Waals surface area contributed by atoms with Crippen LogP contribution in [0.15, 0.2) is 0 Å². The summed E-state index contributed by atoms with van der Waals surface area (Å²) >= 11 is 0. The monoisotopic (exact) mass is 279 g/mol. The Morgan fingerprint density at radius 3 is 2.28 bits per heavy atom. The number of rotatable bonds is 6. The van der Waals surface area contributed by atoms with Crippen molar-refractivity contribution in [3.05, 3.63) is 0 Å². The third kappa shape index (κ3) is 5.19. The molecule has 2 N–H and O–H groups in total. The van der Waals surface area contributed by atoms with Gasteiger partial charge in [0.25, 0.3) is 10.2 Å². The van der Waals surface area contributed by atoms with E-state index in [1.807, 2.05) is 27.7 Å². The predicted octanol–water partition coefficient (Wildman–Crippen LogP) is -0.0720. The van der Waals surface area contributed by atoms with Crippen molar-refractivity contribution in [2.24, 2.45) is 0 Å². The zero-order chi connectivity index (χ0) is 13.8. The van der Waals surface area contributed by atoms with Gasteiger partial charge in [-0.25, -0.2) is 4.72 Å². The van der Waals surface area contributed by atoms with Gasteiger partial charge in [-0.15, -0.1) is 0 Å². The van der Waals surface area contributed by atoms with Crippen LogP contribution in [-0.4, -0.2) is 57.2 Å². The molecule has 0 aromatic heterocycles. The van der Waals surface area contributed by atoms with Crippen LogP contribution in [-0.2, 0) is 14.9 Å². The molecule has 0 bridgehead atoms. The molecule has 1 heterocycles. The van der Waals surface area contributed by atoms with E-state index in [0.29, 0.717) is 32.2 Å². The predicted molar refractivity (Wildman–Crippen MR) is 71.6 cm³/mol. The van der Waals surface area contributed by atoms with Crippen molar-refractivity contribution in [2.45, 2.75) is 45.9 Å². The largest absolute Gasteiger partial charge is 0.373 e. The highest BCUT2D eigenvalue weighted by Gasteiger charge is 2.30. The average molecular weight is 279 g/mol. The summed E-state index contributed by atoms with van der Waals surface area (Å²) in [4.78, 5) is 0. The van der Waals surface area contributed by atoms with Crippen molar-refractivity contribution in [1.82, 2.24) is 14.3 Å². The number of morpholine rings is 1. The first-order valence-electron chi connectivity index (χ1n) is 6.45. The van der Waals surface area contributed by atoms with Gasteiger partial charge in [-0.2, -0.15) is 12.7 Å². The summed E-state index contributed by atoms with van der Waals surface area (Å²) < 4.78 is 33.7. The van der Waals surface area contributed by atoms with Gasteiger partial charge >= 0.3 is 0 Å². The fraction of sp³-hybridized carbons (Fsp3) is 1.00. The van der Waals surface area contributed by atoms with E-state index in [9.17, 15) is 8.42 Å². The van der Waals surface area contributed by atoms with Gasteiger partial charge in [0.2, 0.25) is 0 Å². The van der Waals surface area contributed by atoms with Crippen molar-refractivity contribution < 1.29 is 13.2 Å². The minimum absolute atomic E-state index is 0.0564. The maximum Gasteiger partial charge on any atom is 0.279 e. The average Bonchev–Trinajstić information content (AvgIpc) is 2.23. The molecule has 0 spiro atoms. The Kier molecular flexibility index (Phi) is 6.00. The lowest BCUT2D eigenvalue weighted by atomic mass is 10.3. The summed E-state index contributed by atoms with van der Waals surface area (Å²) in [6, 6.07) is 0.359. The van der Waals surface area contributed by atoms with Crippen LogP contribution >= 0.6 is 0 Å². The Labute approximate surface area is 110 Å². The van der Waals surface area contributed by atoms with Gasteiger partial charge in [0, 0.05) is 32.2 Å². The maximum atomic E-state index is 12.1. The highest BCUT2D eigenvalue weighted by Crippen LogP contribution is 2.13. The first-order valence-corrected chi connectivity index (χ1v) is 7.89. The summed E-state index contributed by atoms with van der Waals surface area (Å²) in [6.45, 7) is 9.69. The van der Waals surface area contributed by atoms with E-state index in [4.69, 9.17) is 4.74 Å². The second-order valence-corrected chi connectivity index (χ2v) is 6.84. The van der Waals surface area contributed by atoms with Crippen LogP contribution in [0.4, 0.5) is 0 Å². The molecule has 7 heteroatoms. The van der Waals surface area contributed by atoms with Crippen LogP contribution in [0.1, 0.15) is 27.7 Å². The Morgan fingerprint density at radius 2 is 1.78 bits per heavy atom. The van der Waals surface area contributed by atoms with Crippen LogP contribution in [0.3, 0.4) is 0 Å². The molecule has 1 aliphatic rings. The van der Waals surface area contributed by atoms with Gasteiger partial charge in [0.05, 0.1) is 12.2 Å². The normalized spacial score (nSPS) is 26.7. The molecule has 1 fully saturated rings. The first kappa shape index (κ1) is 15.8. The van der Waals surface area contributed by atoms with Gasteiger partial charge < -0.3 is 10.1 Å². The molecule has 0 aromatic carbocycles. The molecule has 18 heavy (non-hydrogen) atoms. The van der Waals surface area contributed by atoms with Crippen LogP contribution in [0.5, 0.6) is 0 Å². The minimum atomic E-state index is -3.38. The summed E-state index contributed by atoms with van der Waals surface area (Å²) in [5, 5.41) is 3.17. The van der Waals surface area contributed by atoms with E-state index in [-0.39, 0.29) is 12.2 Å². The van der Waals surface area contributed by atoms with Crippen LogP contribution < -0.4 is 10.0 Å². The zero-order valence-electron chi connectivity index (χ0n) is 11.6. The molecule has 0 saturated carbocycles. The van der Waals surface area contributed by atoms with Crippen molar-refractivity contribution in [3.63, 3.8) is 0 Å². The van der Waals surface area contributed by atoms with E-state index < -0.39 is 10.2 Å². The van der Waals surface area contributed by atoms with Crippen LogP contribution in [0, 0.1) is 0 Å². The highest BCUT2D eigenvalue weighted by atomic mass is 32.2. The van der Waals surface area contributed by atoms with E-state index in [1.165, 1.54) is 4.31 Å². The maximum absolute atomic E-state index is 12.1. The Bertz CT molecular complexity index is 335. The lowest BCUT2D eigenvalue weighted by molar-refractivity contribution is -0.0443. The van der Waals surface area contributed by atoms with Crippen molar-refractivity contribution in [3.8, 4) is 0 Å². The van der Waals surface area contributed by atoms with Gasteiger partial charge in [-0.3, -0.25) is 0 Å². The zero-order valence-corrected chi connectivity index (χ0v) is 12.5. The smallest absolute Gasteiger partial charge is 0.279 e. The fourth-order valence-electron chi connectivity index (χ4n) is 1.96. The topological polar surface area (TPSA) is 70.7 Å². The SMILES string of the molecule is CC(C)NCCNS(=O)(=O)N1CC(C)OC(C)C1. The fourth-order valence-corrected chi connectivity index (χ4v) is 3.31. The molecule has 0 amide bonds. The van der Waals surface area contributed by atoms with Gasteiger partial charge in [0.15, 0.2) is 0 Å². The van der Waals surface area contributed by atoms with E-state index in [1.54, 1.807) is 0 Å². The highest BCUT2D eigenvalue weighted by molar-refractivity contribution is 7.87. The number of nitrogens with one attached hydrogen (secondary N) is 2. The summed E-state index contributed by atoms with van der Waals surface area (Å²) in [5.41, 5.74) is 0. The Hall–Kier alpha value is -0.210. The van der Waals surface area contributed by atoms with E-state index >= 15 is 0 Å². The molecule has 0 aliphatic carbocycles. The molecule has 108 valence electrons. The lowest BCUT2D eigenvalue weighted by Crippen LogP contribution is -2.52. The summed E-state index contributed by atoms with van der Waals surface area (Å²) in [7, 11) is -3.38. The standard InChI is InChI=1S/C11H25N3O3S/c1-9(2)12-5-6-13-18(15,16)14-7-10(3)17-11(4)8-14/h9-13H,5-8H2,1-4H3. The number of nitrogens with zero attached hydrogens (tertiary/aromatic N) is 1. The molecule has 2 atom stereocenters. The van der Waals surface area contributed by atoms with Crippen LogP contribution in [0.25, 0.3) is 0 Å². The second-order valence-electron chi connectivity index (χ2n) is 5.08. The number of hydrogen-bond donors (Lipinski definition) is 2. The third-order valence-corrected chi connectivity index (χ3v) is 4.23. The van der Waals surface area contributed by atoms with Crippen molar-refractivity contribution in [1.29, 1.82) is 0 Å².